The average molecular weight is 299 g/mol. The Labute approximate surface area is 122 Å². The summed E-state index contributed by atoms with van der Waals surface area (Å²) in [6.45, 7) is 6.94. The van der Waals surface area contributed by atoms with Gasteiger partial charge in [-0.15, -0.1) is 11.3 Å². The molecular formula is C13H19ClN4S. The number of hydrogen-bond donors (Lipinski definition) is 1. The molecule has 1 atom stereocenters. The Balaban J connectivity index is 2.04. The summed E-state index contributed by atoms with van der Waals surface area (Å²) in [7, 11) is 1.93. The fourth-order valence-electron chi connectivity index (χ4n) is 1.92. The Bertz CT molecular complexity index is 561. The van der Waals surface area contributed by atoms with Gasteiger partial charge >= 0.3 is 0 Å². The maximum Gasteiger partial charge on any atom is 0.109 e. The van der Waals surface area contributed by atoms with Gasteiger partial charge in [-0.2, -0.15) is 5.10 Å². The first-order chi connectivity index (χ1) is 9.02. The van der Waals surface area contributed by atoms with Crippen LogP contribution in [0.2, 0.25) is 5.02 Å². The molecule has 2 heterocycles. The van der Waals surface area contributed by atoms with Crippen molar-refractivity contribution in [3.8, 4) is 0 Å². The summed E-state index contributed by atoms with van der Waals surface area (Å²) in [6, 6.07) is 0.217. The molecule has 0 saturated heterocycles. The van der Waals surface area contributed by atoms with Crippen LogP contribution in [0.4, 0.5) is 0 Å². The molecule has 0 radical (unpaired) electrons. The van der Waals surface area contributed by atoms with Crippen LogP contribution < -0.4 is 5.32 Å². The number of halogens is 1. The number of hydrogen-bond acceptors (Lipinski definition) is 4. The van der Waals surface area contributed by atoms with E-state index in [1.165, 1.54) is 4.88 Å². The Kier molecular flexibility index (Phi) is 4.60. The maximum atomic E-state index is 6.33. The van der Waals surface area contributed by atoms with Gasteiger partial charge in [-0.25, -0.2) is 4.98 Å². The summed E-state index contributed by atoms with van der Waals surface area (Å²) < 4.78 is 1.86. The minimum atomic E-state index is 0.217. The first kappa shape index (κ1) is 14.5. The second kappa shape index (κ2) is 6.03. The number of aromatic nitrogens is 3. The average Bonchev–Trinajstić information content (AvgIpc) is 2.92. The first-order valence-electron chi connectivity index (χ1n) is 6.38. The maximum absolute atomic E-state index is 6.33. The van der Waals surface area contributed by atoms with Crippen LogP contribution in [-0.4, -0.2) is 14.8 Å². The number of thiazole rings is 1. The van der Waals surface area contributed by atoms with Gasteiger partial charge in [0.2, 0.25) is 0 Å². The van der Waals surface area contributed by atoms with Crippen molar-refractivity contribution in [2.24, 2.45) is 7.05 Å². The molecule has 0 aliphatic rings. The second-order valence-electron chi connectivity index (χ2n) is 4.60. The van der Waals surface area contributed by atoms with Gasteiger partial charge in [-0.1, -0.05) is 18.5 Å². The zero-order valence-corrected chi connectivity index (χ0v) is 13.3. The van der Waals surface area contributed by atoms with Gasteiger partial charge in [0, 0.05) is 24.7 Å². The normalized spacial score (nSPS) is 12.9. The van der Waals surface area contributed by atoms with E-state index in [9.17, 15) is 0 Å². The number of aryl methyl sites for hydroxylation is 3. The topological polar surface area (TPSA) is 42.7 Å². The summed E-state index contributed by atoms with van der Waals surface area (Å²) in [5, 5.41) is 9.75. The van der Waals surface area contributed by atoms with Crippen LogP contribution in [0.25, 0.3) is 0 Å². The highest BCUT2D eigenvalue weighted by molar-refractivity contribution is 7.11. The predicted octanol–water partition coefficient (Wildman–Crippen LogP) is 3.25. The van der Waals surface area contributed by atoms with Crippen molar-refractivity contribution in [1.82, 2.24) is 20.1 Å². The van der Waals surface area contributed by atoms with Crippen LogP contribution in [0.15, 0.2) is 6.20 Å². The quantitative estimate of drug-likeness (QED) is 0.921. The van der Waals surface area contributed by atoms with Crippen molar-refractivity contribution in [1.29, 1.82) is 0 Å². The number of nitrogens with one attached hydrogen (secondary N) is 1. The molecule has 19 heavy (non-hydrogen) atoms. The van der Waals surface area contributed by atoms with Crippen molar-refractivity contribution < 1.29 is 0 Å². The highest BCUT2D eigenvalue weighted by Crippen LogP contribution is 2.23. The Morgan fingerprint density at radius 3 is 2.79 bits per heavy atom. The molecule has 0 bridgehead atoms. The van der Waals surface area contributed by atoms with Crippen LogP contribution in [0.1, 0.15) is 41.2 Å². The third-order valence-corrected chi connectivity index (χ3v) is 4.62. The third kappa shape index (κ3) is 3.16. The van der Waals surface area contributed by atoms with Crippen LogP contribution in [0.5, 0.6) is 0 Å². The largest absolute Gasteiger partial charge is 0.302 e. The van der Waals surface area contributed by atoms with Crippen LogP contribution >= 0.6 is 22.9 Å². The van der Waals surface area contributed by atoms with Gasteiger partial charge in [-0.05, 0) is 20.3 Å². The monoisotopic (exact) mass is 298 g/mol. The van der Waals surface area contributed by atoms with E-state index in [0.717, 1.165) is 27.8 Å². The van der Waals surface area contributed by atoms with E-state index in [4.69, 9.17) is 11.6 Å². The molecule has 0 aliphatic carbocycles. The molecule has 0 saturated carbocycles. The minimum absolute atomic E-state index is 0.217. The molecule has 0 aromatic carbocycles. The molecule has 2 aromatic rings. The summed E-state index contributed by atoms with van der Waals surface area (Å²) in [5.74, 6) is 0. The minimum Gasteiger partial charge on any atom is -0.302 e. The van der Waals surface area contributed by atoms with Crippen molar-refractivity contribution in [3.05, 3.63) is 32.5 Å². The smallest absolute Gasteiger partial charge is 0.109 e. The zero-order chi connectivity index (χ0) is 14.0. The van der Waals surface area contributed by atoms with Crippen LogP contribution in [-0.2, 0) is 20.0 Å². The van der Waals surface area contributed by atoms with E-state index in [1.807, 2.05) is 17.9 Å². The standard InChI is InChI=1S/C13H19ClN4S/c1-5-10-12(14)11(18(4)17-10)7-15-9(3)13-16-6-8(2)19-13/h6,9,15H,5,7H2,1-4H3. The van der Waals surface area contributed by atoms with Crippen molar-refractivity contribution in [2.75, 3.05) is 0 Å². The summed E-state index contributed by atoms with van der Waals surface area (Å²) in [5.41, 5.74) is 1.98. The lowest BCUT2D eigenvalue weighted by Crippen LogP contribution is -2.19. The summed E-state index contributed by atoms with van der Waals surface area (Å²) >= 11 is 8.05. The summed E-state index contributed by atoms with van der Waals surface area (Å²) in [4.78, 5) is 5.63. The zero-order valence-electron chi connectivity index (χ0n) is 11.7. The second-order valence-corrected chi connectivity index (χ2v) is 6.24. The first-order valence-corrected chi connectivity index (χ1v) is 7.58. The Morgan fingerprint density at radius 1 is 1.53 bits per heavy atom. The molecule has 0 spiro atoms. The molecule has 4 nitrogen and oxygen atoms in total. The molecule has 1 N–H and O–H groups in total. The van der Waals surface area contributed by atoms with Crippen LogP contribution in [0.3, 0.4) is 0 Å². The predicted molar refractivity (Wildman–Crippen MR) is 79.7 cm³/mol. The van der Waals surface area contributed by atoms with Crippen molar-refractivity contribution in [2.45, 2.75) is 39.8 Å². The lowest BCUT2D eigenvalue weighted by Gasteiger charge is -2.11. The fourth-order valence-corrected chi connectivity index (χ4v) is 3.08. The highest BCUT2D eigenvalue weighted by Gasteiger charge is 2.15. The molecule has 1 unspecified atom stereocenters. The van der Waals surface area contributed by atoms with E-state index < -0.39 is 0 Å². The van der Waals surface area contributed by atoms with E-state index in [1.54, 1.807) is 11.3 Å². The lowest BCUT2D eigenvalue weighted by molar-refractivity contribution is 0.546. The Morgan fingerprint density at radius 2 is 2.26 bits per heavy atom. The van der Waals surface area contributed by atoms with Gasteiger partial charge in [-0.3, -0.25) is 4.68 Å². The SMILES string of the molecule is CCc1nn(C)c(CNC(C)c2ncc(C)s2)c1Cl. The van der Waals surface area contributed by atoms with Gasteiger partial charge in [0.25, 0.3) is 0 Å². The van der Waals surface area contributed by atoms with Crippen molar-refractivity contribution >= 4 is 22.9 Å². The Hall–Kier alpha value is -0.910. The number of nitrogens with zero attached hydrogens (tertiary/aromatic N) is 3. The molecule has 6 heteroatoms. The van der Waals surface area contributed by atoms with Gasteiger partial charge in [0.1, 0.15) is 5.01 Å². The van der Waals surface area contributed by atoms with Gasteiger partial charge in [0.15, 0.2) is 0 Å². The molecule has 0 amide bonds. The van der Waals surface area contributed by atoms with Gasteiger partial charge in [0.05, 0.1) is 22.5 Å². The highest BCUT2D eigenvalue weighted by atomic mass is 35.5. The fraction of sp³-hybridized carbons (Fsp3) is 0.538. The molecule has 2 aromatic heterocycles. The van der Waals surface area contributed by atoms with Crippen LogP contribution in [0, 0.1) is 6.92 Å². The number of rotatable bonds is 5. The third-order valence-electron chi connectivity index (χ3n) is 3.09. The molecule has 2 rings (SSSR count). The van der Waals surface area contributed by atoms with Gasteiger partial charge < -0.3 is 5.32 Å². The van der Waals surface area contributed by atoms with E-state index >= 15 is 0 Å². The van der Waals surface area contributed by atoms with E-state index in [2.05, 4.69) is 36.2 Å². The molecule has 104 valence electrons. The molecule has 0 fully saturated rings. The van der Waals surface area contributed by atoms with Crippen molar-refractivity contribution in [3.63, 3.8) is 0 Å². The summed E-state index contributed by atoms with van der Waals surface area (Å²) in [6.07, 6.45) is 2.76. The lowest BCUT2D eigenvalue weighted by atomic mass is 10.3. The van der Waals surface area contributed by atoms with E-state index in [0.29, 0.717) is 6.54 Å². The molecular weight excluding hydrogens is 280 g/mol. The van der Waals surface area contributed by atoms with E-state index in [-0.39, 0.29) is 6.04 Å². The molecule has 0 aliphatic heterocycles.